The lowest BCUT2D eigenvalue weighted by Gasteiger charge is -2.37. The molecule has 0 bridgehead atoms. The van der Waals surface area contributed by atoms with Gasteiger partial charge in [0.15, 0.2) is 17.4 Å². The van der Waals surface area contributed by atoms with Crippen LogP contribution in [0.5, 0.6) is 11.5 Å². The number of ether oxygens (including phenoxy) is 1. The van der Waals surface area contributed by atoms with Crippen molar-refractivity contribution < 1.29 is 36.3 Å². The Balaban J connectivity index is 1.94. The maximum atomic E-state index is 14.5. The molecule has 1 amide bonds. The highest BCUT2D eigenvalue weighted by atomic mass is 32.2. The van der Waals surface area contributed by atoms with Crippen LogP contribution >= 0.6 is 0 Å². The van der Waals surface area contributed by atoms with Crippen LogP contribution < -0.4 is 10.2 Å². The van der Waals surface area contributed by atoms with E-state index in [1.165, 1.54) is 5.48 Å². The van der Waals surface area contributed by atoms with Crippen molar-refractivity contribution in [3.05, 3.63) is 53.8 Å². The van der Waals surface area contributed by atoms with Crippen molar-refractivity contribution >= 4 is 15.9 Å². The minimum atomic E-state index is -4.48. The van der Waals surface area contributed by atoms with Gasteiger partial charge in [0, 0.05) is 19.6 Å². The summed E-state index contributed by atoms with van der Waals surface area (Å²) in [4.78, 5) is 12.9. The van der Waals surface area contributed by atoms with Gasteiger partial charge in [0.1, 0.15) is 17.6 Å². The average molecular weight is 445 g/mol. The second-order valence-corrected chi connectivity index (χ2v) is 8.53. The van der Waals surface area contributed by atoms with E-state index < -0.39 is 50.1 Å². The van der Waals surface area contributed by atoms with Crippen LogP contribution in [0.1, 0.15) is 0 Å². The molecule has 0 spiro atoms. The van der Waals surface area contributed by atoms with Crippen LogP contribution in [0.4, 0.5) is 13.2 Å². The largest absolute Gasteiger partial charge is 0.451 e. The Hall–Kier alpha value is -2.67. The smallest absolute Gasteiger partial charge is 0.263 e. The van der Waals surface area contributed by atoms with Crippen LogP contribution in [0.2, 0.25) is 0 Å². The zero-order valence-electron chi connectivity index (χ0n) is 15.7. The van der Waals surface area contributed by atoms with Crippen LogP contribution in [0.3, 0.4) is 0 Å². The third-order valence-corrected chi connectivity index (χ3v) is 6.45. The molecule has 0 aliphatic carbocycles. The van der Waals surface area contributed by atoms with Crippen LogP contribution in [0.25, 0.3) is 0 Å². The maximum absolute atomic E-state index is 14.5. The molecule has 162 valence electrons. The Morgan fingerprint density at radius 3 is 2.30 bits per heavy atom. The lowest BCUT2D eigenvalue weighted by atomic mass is 10.2. The molecule has 0 unspecified atom stereocenters. The number of carbonyl (C=O) groups excluding carboxylic acids is 1. The molecule has 3 rings (SSSR count). The van der Waals surface area contributed by atoms with Crippen LogP contribution in [-0.2, 0) is 14.8 Å². The highest BCUT2D eigenvalue weighted by Gasteiger charge is 2.40. The van der Waals surface area contributed by atoms with E-state index in [-0.39, 0.29) is 25.4 Å². The zero-order chi connectivity index (χ0) is 22.1. The summed E-state index contributed by atoms with van der Waals surface area (Å²) in [6.45, 7) is 0.113. The van der Waals surface area contributed by atoms with E-state index in [1.54, 1.807) is 11.9 Å². The molecule has 2 N–H and O–H groups in total. The molecule has 2 aromatic rings. The minimum Gasteiger partial charge on any atom is -0.451 e. The number of benzene rings is 2. The molecule has 30 heavy (non-hydrogen) atoms. The van der Waals surface area contributed by atoms with Gasteiger partial charge in [-0.1, -0.05) is 0 Å². The molecular formula is C18H18F3N3O5S. The number of hydroxylamine groups is 1. The molecule has 1 aliphatic rings. The standard InChI is InChI=1S/C18H18F3N3O5S/c1-23-6-7-24(16(10-23)18(25)22-26)30(27,28)13-8-14(20)17(15(21)9-13)29-12-4-2-11(19)3-5-12/h2-5,8-9,16,26H,6-7,10H2,1H3,(H,22,25)/t16-/m1/s1. The fraction of sp³-hybridized carbons (Fsp3) is 0.278. The molecule has 1 aliphatic heterocycles. The molecule has 0 aromatic heterocycles. The Bertz CT molecular complexity index is 1030. The van der Waals surface area contributed by atoms with E-state index in [0.29, 0.717) is 12.1 Å². The topological polar surface area (TPSA) is 99.2 Å². The van der Waals surface area contributed by atoms with Crippen molar-refractivity contribution in [1.29, 1.82) is 0 Å². The van der Waals surface area contributed by atoms with Crippen molar-refractivity contribution in [3.63, 3.8) is 0 Å². The number of nitrogens with one attached hydrogen (secondary N) is 1. The predicted octanol–water partition coefficient (Wildman–Crippen LogP) is 1.71. The van der Waals surface area contributed by atoms with Gasteiger partial charge in [0.05, 0.1) is 4.90 Å². The fourth-order valence-corrected chi connectivity index (χ4v) is 4.61. The number of halogens is 3. The molecule has 8 nitrogen and oxygen atoms in total. The van der Waals surface area contributed by atoms with Crippen molar-refractivity contribution in [2.45, 2.75) is 10.9 Å². The van der Waals surface area contributed by atoms with Crippen molar-refractivity contribution in [3.8, 4) is 11.5 Å². The molecule has 1 saturated heterocycles. The van der Waals surface area contributed by atoms with Crippen molar-refractivity contribution in [2.24, 2.45) is 0 Å². The number of amides is 1. The minimum absolute atomic E-state index is 0.0254. The molecule has 1 heterocycles. The summed E-state index contributed by atoms with van der Waals surface area (Å²) in [5.74, 6) is -5.04. The lowest BCUT2D eigenvalue weighted by Crippen LogP contribution is -2.59. The second kappa shape index (κ2) is 8.60. The van der Waals surface area contributed by atoms with Gasteiger partial charge in [-0.05, 0) is 43.4 Å². The number of sulfonamides is 1. The van der Waals surface area contributed by atoms with Crippen LogP contribution in [-0.4, -0.2) is 61.5 Å². The Labute approximate surface area is 170 Å². The number of hydrogen-bond donors (Lipinski definition) is 2. The van der Waals surface area contributed by atoms with Gasteiger partial charge >= 0.3 is 0 Å². The highest BCUT2D eigenvalue weighted by Crippen LogP contribution is 2.32. The quantitative estimate of drug-likeness (QED) is 0.537. The average Bonchev–Trinajstić information content (AvgIpc) is 2.71. The maximum Gasteiger partial charge on any atom is 0.263 e. The molecule has 0 saturated carbocycles. The van der Waals surface area contributed by atoms with Crippen LogP contribution in [0.15, 0.2) is 41.3 Å². The first kappa shape index (κ1) is 22.0. The number of piperazine rings is 1. The predicted molar refractivity (Wildman–Crippen MR) is 97.9 cm³/mol. The van der Waals surface area contributed by atoms with E-state index in [9.17, 15) is 26.4 Å². The number of nitrogens with zero attached hydrogens (tertiary/aromatic N) is 2. The van der Waals surface area contributed by atoms with Crippen molar-refractivity contribution in [1.82, 2.24) is 14.7 Å². The molecule has 1 atom stereocenters. The number of likely N-dealkylation sites (N-methyl/N-ethyl adjacent to an activating group) is 1. The van der Waals surface area contributed by atoms with E-state index in [1.807, 2.05) is 0 Å². The van der Waals surface area contributed by atoms with Gasteiger partial charge in [-0.2, -0.15) is 4.31 Å². The van der Waals surface area contributed by atoms with E-state index in [4.69, 9.17) is 9.94 Å². The first-order chi connectivity index (χ1) is 14.1. The third-order valence-electron chi connectivity index (χ3n) is 4.56. The van der Waals surface area contributed by atoms with E-state index in [2.05, 4.69) is 0 Å². The molecular weight excluding hydrogens is 427 g/mol. The van der Waals surface area contributed by atoms with Gasteiger partial charge in [-0.25, -0.2) is 27.1 Å². The molecule has 0 radical (unpaired) electrons. The zero-order valence-corrected chi connectivity index (χ0v) is 16.5. The monoisotopic (exact) mass is 445 g/mol. The number of rotatable bonds is 5. The summed E-state index contributed by atoms with van der Waals surface area (Å²) in [5, 5.41) is 8.91. The Morgan fingerprint density at radius 1 is 1.13 bits per heavy atom. The molecule has 12 heteroatoms. The fourth-order valence-electron chi connectivity index (χ4n) is 3.02. The molecule has 2 aromatic carbocycles. The van der Waals surface area contributed by atoms with Gasteiger partial charge in [0.2, 0.25) is 10.0 Å². The van der Waals surface area contributed by atoms with Gasteiger partial charge in [-0.3, -0.25) is 10.0 Å². The summed E-state index contributed by atoms with van der Waals surface area (Å²) in [6.07, 6.45) is 0. The highest BCUT2D eigenvalue weighted by molar-refractivity contribution is 7.89. The molecule has 1 fully saturated rings. The third kappa shape index (κ3) is 4.41. The lowest BCUT2D eigenvalue weighted by molar-refractivity contribution is -0.134. The van der Waals surface area contributed by atoms with E-state index >= 15 is 0 Å². The van der Waals surface area contributed by atoms with Crippen LogP contribution in [0, 0.1) is 17.5 Å². The first-order valence-electron chi connectivity index (χ1n) is 8.70. The Kier molecular flexibility index (Phi) is 6.31. The van der Waals surface area contributed by atoms with Gasteiger partial charge in [-0.15, -0.1) is 0 Å². The van der Waals surface area contributed by atoms with E-state index in [0.717, 1.165) is 28.6 Å². The summed E-state index contributed by atoms with van der Waals surface area (Å²) >= 11 is 0. The van der Waals surface area contributed by atoms with Gasteiger partial charge < -0.3 is 9.64 Å². The summed E-state index contributed by atoms with van der Waals surface area (Å²) in [7, 11) is -2.83. The van der Waals surface area contributed by atoms with Crippen molar-refractivity contribution in [2.75, 3.05) is 26.7 Å². The number of carbonyl (C=O) groups is 1. The number of hydrogen-bond acceptors (Lipinski definition) is 6. The SMILES string of the molecule is CN1CCN(S(=O)(=O)c2cc(F)c(Oc3ccc(F)cc3)c(F)c2)[C@@H](C(=O)NO)C1. The summed E-state index contributed by atoms with van der Waals surface area (Å²) < 4.78 is 73.8. The first-order valence-corrected chi connectivity index (χ1v) is 10.1. The normalized spacial score (nSPS) is 18.2. The van der Waals surface area contributed by atoms with Gasteiger partial charge in [0.25, 0.3) is 5.91 Å². The summed E-state index contributed by atoms with van der Waals surface area (Å²) in [6, 6.07) is 4.22. The Morgan fingerprint density at radius 2 is 1.73 bits per heavy atom. The summed E-state index contributed by atoms with van der Waals surface area (Å²) in [5.41, 5.74) is 1.41. The second-order valence-electron chi connectivity index (χ2n) is 6.64.